The van der Waals surface area contributed by atoms with E-state index in [0.29, 0.717) is 12.8 Å². The van der Waals surface area contributed by atoms with Gasteiger partial charge in [-0.15, -0.1) is 0 Å². The standard InChI is InChI=1S/C41H68N4O2/c1-5-7-9-11-13-15-17-29-44(3)31-21-27-40(46)42-38-25-19-23-36(34-38)33-37-24-20-26-39(35-37)43-41(47)28-22-32-45(4)30-18-16-14-12-10-8-6-2/h19-20,23-26,34-35H,5-18,21-22,27-33H2,1-4H3,(H,42,46)(H,43,47). The molecule has 0 atom stereocenters. The summed E-state index contributed by atoms with van der Waals surface area (Å²) < 4.78 is 0. The molecule has 0 radical (unpaired) electrons. The van der Waals surface area contributed by atoms with Gasteiger partial charge in [0.25, 0.3) is 0 Å². The van der Waals surface area contributed by atoms with E-state index in [9.17, 15) is 9.59 Å². The number of hydrogen-bond acceptors (Lipinski definition) is 4. The van der Waals surface area contributed by atoms with Crippen molar-refractivity contribution in [1.82, 2.24) is 9.80 Å². The van der Waals surface area contributed by atoms with E-state index in [-0.39, 0.29) is 11.8 Å². The highest BCUT2D eigenvalue weighted by atomic mass is 16.2. The van der Waals surface area contributed by atoms with E-state index in [4.69, 9.17) is 0 Å². The summed E-state index contributed by atoms with van der Waals surface area (Å²) in [6.45, 7) is 8.64. The minimum atomic E-state index is 0.0696. The lowest BCUT2D eigenvalue weighted by atomic mass is 10.0. The number of unbranched alkanes of at least 4 members (excludes halogenated alkanes) is 12. The molecule has 0 aromatic heterocycles. The zero-order valence-corrected chi connectivity index (χ0v) is 30.6. The van der Waals surface area contributed by atoms with Crippen molar-refractivity contribution >= 4 is 23.2 Å². The molecule has 6 heteroatoms. The maximum absolute atomic E-state index is 12.6. The molecule has 6 nitrogen and oxygen atoms in total. The number of amides is 2. The lowest BCUT2D eigenvalue weighted by Crippen LogP contribution is -2.22. The molecule has 2 amide bonds. The molecule has 0 aliphatic heterocycles. The van der Waals surface area contributed by atoms with Crippen LogP contribution in [0.2, 0.25) is 0 Å². The fraction of sp³-hybridized carbons (Fsp3) is 0.659. The Kier molecular flexibility index (Phi) is 22.6. The maximum atomic E-state index is 12.6. The smallest absolute Gasteiger partial charge is 0.224 e. The Labute approximate surface area is 288 Å². The van der Waals surface area contributed by atoms with Gasteiger partial charge >= 0.3 is 0 Å². The first-order chi connectivity index (χ1) is 22.9. The van der Waals surface area contributed by atoms with Crippen LogP contribution in [0.25, 0.3) is 0 Å². The number of carbonyl (C=O) groups is 2. The SMILES string of the molecule is CCCCCCCCCN(C)CCCC(=O)Nc1cccc(Cc2cccc(NC(=O)CCCN(C)CCCCCCCCC)c2)c1. The van der Waals surface area contributed by atoms with E-state index < -0.39 is 0 Å². The van der Waals surface area contributed by atoms with Crippen molar-refractivity contribution in [3.8, 4) is 0 Å². The van der Waals surface area contributed by atoms with Gasteiger partial charge in [-0.25, -0.2) is 0 Å². The monoisotopic (exact) mass is 649 g/mol. The van der Waals surface area contributed by atoms with Gasteiger partial charge in [0.15, 0.2) is 0 Å². The molecule has 0 saturated heterocycles. The van der Waals surface area contributed by atoms with Gasteiger partial charge in [-0.1, -0.05) is 115 Å². The summed E-state index contributed by atoms with van der Waals surface area (Å²) in [6, 6.07) is 16.2. The molecule has 2 rings (SSSR count). The number of nitrogens with zero attached hydrogens (tertiary/aromatic N) is 2. The van der Waals surface area contributed by atoms with Crippen LogP contribution in [0.3, 0.4) is 0 Å². The summed E-state index contributed by atoms with van der Waals surface area (Å²) >= 11 is 0. The molecule has 0 aliphatic rings. The molecule has 2 N–H and O–H groups in total. The third kappa shape index (κ3) is 21.0. The minimum Gasteiger partial charge on any atom is -0.326 e. The van der Waals surface area contributed by atoms with Crippen LogP contribution in [0.15, 0.2) is 48.5 Å². The van der Waals surface area contributed by atoms with Crippen LogP contribution in [0.5, 0.6) is 0 Å². The molecular weight excluding hydrogens is 580 g/mol. The highest BCUT2D eigenvalue weighted by Gasteiger charge is 2.08. The predicted molar refractivity (Wildman–Crippen MR) is 202 cm³/mol. The summed E-state index contributed by atoms with van der Waals surface area (Å²) in [4.78, 5) is 30.0. The van der Waals surface area contributed by atoms with Gasteiger partial charge in [-0.2, -0.15) is 0 Å². The zero-order valence-electron chi connectivity index (χ0n) is 30.6. The Balaban J connectivity index is 1.65. The van der Waals surface area contributed by atoms with Crippen LogP contribution >= 0.6 is 0 Å². The fourth-order valence-corrected chi connectivity index (χ4v) is 6.12. The van der Waals surface area contributed by atoms with Gasteiger partial charge in [-0.05, 0) is 108 Å². The van der Waals surface area contributed by atoms with Crippen LogP contribution in [0, 0.1) is 0 Å². The predicted octanol–water partition coefficient (Wildman–Crippen LogP) is 10.1. The number of anilines is 2. The number of rotatable bonds is 28. The molecule has 0 heterocycles. The van der Waals surface area contributed by atoms with Crippen LogP contribution in [-0.4, -0.2) is 61.9 Å². The Morgan fingerprint density at radius 1 is 0.511 bits per heavy atom. The number of hydrogen-bond donors (Lipinski definition) is 2. The second-order valence-corrected chi connectivity index (χ2v) is 13.7. The van der Waals surface area contributed by atoms with Crippen molar-refractivity contribution in [3.63, 3.8) is 0 Å². The van der Waals surface area contributed by atoms with Gasteiger partial charge in [0, 0.05) is 24.2 Å². The number of benzene rings is 2. The number of carbonyl (C=O) groups excluding carboxylic acids is 2. The lowest BCUT2D eigenvalue weighted by molar-refractivity contribution is -0.117. The van der Waals surface area contributed by atoms with E-state index in [1.807, 2.05) is 24.3 Å². The van der Waals surface area contributed by atoms with Crippen molar-refractivity contribution in [1.29, 1.82) is 0 Å². The minimum absolute atomic E-state index is 0.0696. The summed E-state index contributed by atoms with van der Waals surface area (Å²) in [7, 11) is 4.33. The highest BCUT2D eigenvalue weighted by Crippen LogP contribution is 2.18. The van der Waals surface area contributed by atoms with Crippen molar-refractivity contribution in [2.75, 3.05) is 50.9 Å². The van der Waals surface area contributed by atoms with Crippen molar-refractivity contribution in [3.05, 3.63) is 59.7 Å². The molecular formula is C41H68N4O2. The Bertz CT molecular complexity index is 1020. The van der Waals surface area contributed by atoms with E-state index in [0.717, 1.165) is 67.9 Å². The van der Waals surface area contributed by atoms with Crippen LogP contribution in [0.4, 0.5) is 11.4 Å². The molecule has 0 fully saturated rings. The average molecular weight is 649 g/mol. The lowest BCUT2D eigenvalue weighted by Gasteiger charge is -2.16. The molecule has 2 aromatic carbocycles. The van der Waals surface area contributed by atoms with Crippen molar-refractivity contribution in [2.45, 2.75) is 136 Å². The second kappa shape index (κ2) is 26.3. The maximum Gasteiger partial charge on any atom is 0.224 e. The molecule has 0 aliphatic carbocycles. The molecule has 0 unspecified atom stereocenters. The van der Waals surface area contributed by atoms with E-state index >= 15 is 0 Å². The summed E-state index contributed by atoms with van der Waals surface area (Å²) in [5, 5.41) is 6.18. The van der Waals surface area contributed by atoms with E-state index in [1.165, 1.54) is 89.9 Å². The molecule has 0 bridgehead atoms. The van der Waals surface area contributed by atoms with E-state index in [2.05, 4.69) is 72.6 Å². The van der Waals surface area contributed by atoms with E-state index in [1.54, 1.807) is 0 Å². The quantitative estimate of drug-likeness (QED) is 0.0902. The Morgan fingerprint density at radius 2 is 0.872 bits per heavy atom. The zero-order chi connectivity index (χ0) is 34.0. The molecule has 0 saturated carbocycles. The molecule has 0 spiro atoms. The average Bonchev–Trinajstić information content (AvgIpc) is 3.04. The summed E-state index contributed by atoms with van der Waals surface area (Å²) in [5.74, 6) is 0.139. The van der Waals surface area contributed by atoms with Gasteiger partial charge in [0.05, 0.1) is 0 Å². The van der Waals surface area contributed by atoms with Gasteiger partial charge in [0.2, 0.25) is 11.8 Å². The van der Waals surface area contributed by atoms with Crippen LogP contribution in [0.1, 0.15) is 141 Å². The number of nitrogens with one attached hydrogen (secondary N) is 2. The molecule has 264 valence electrons. The third-order valence-electron chi connectivity index (χ3n) is 9.00. The second-order valence-electron chi connectivity index (χ2n) is 13.7. The van der Waals surface area contributed by atoms with Gasteiger partial charge in [-0.3, -0.25) is 9.59 Å². The van der Waals surface area contributed by atoms with Gasteiger partial charge in [0.1, 0.15) is 0 Å². The Morgan fingerprint density at radius 3 is 1.28 bits per heavy atom. The first kappa shape index (κ1) is 40.5. The fourth-order valence-electron chi connectivity index (χ4n) is 6.12. The first-order valence-corrected chi connectivity index (χ1v) is 19.0. The summed E-state index contributed by atoms with van der Waals surface area (Å²) in [5.41, 5.74) is 3.94. The molecule has 2 aromatic rings. The molecule has 47 heavy (non-hydrogen) atoms. The first-order valence-electron chi connectivity index (χ1n) is 19.0. The van der Waals surface area contributed by atoms with Gasteiger partial charge < -0.3 is 20.4 Å². The van der Waals surface area contributed by atoms with Crippen molar-refractivity contribution < 1.29 is 9.59 Å². The summed E-state index contributed by atoms with van der Waals surface area (Å²) in [6.07, 6.45) is 22.1. The topological polar surface area (TPSA) is 64.7 Å². The normalized spacial score (nSPS) is 11.4. The van der Waals surface area contributed by atoms with Crippen LogP contribution in [-0.2, 0) is 16.0 Å². The van der Waals surface area contributed by atoms with Crippen molar-refractivity contribution in [2.24, 2.45) is 0 Å². The largest absolute Gasteiger partial charge is 0.326 e. The highest BCUT2D eigenvalue weighted by molar-refractivity contribution is 5.91. The van der Waals surface area contributed by atoms with Crippen LogP contribution < -0.4 is 10.6 Å². The Hall–Kier alpha value is -2.70. The third-order valence-corrected chi connectivity index (χ3v) is 9.00.